The maximum atomic E-state index is 9.73. The highest BCUT2D eigenvalue weighted by Crippen LogP contribution is 2.22. The molecular formula is C14H15IN2O. The van der Waals surface area contributed by atoms with E-state index in [2.05, 4.69) is 45.9 Å². The molecule has 4 heteroatoms. The third-order valence-corrected chi connectivity index (χ3v) is 3.97. The molecule has 2 aromatic rings. The van der Waals surface area contributed by atoms with Crippen molar-refractivity contribution in [2.24, 2.45) is 0 Å². The summed E-state index contributed by atoms with van der Waals surface area (Å²) in [5.74, 6) is 0.233. The molecular weight excluding hydrogens is 339 g/mol. The number of aromatic nitrogens is 1. The lowest BCUT2D eigenvalue weighted by Crippen LogP contribution is -2.04. The highest BCUT2D eigenvalue weighted by Gasteiger charge is 2.05. The molecule has 0 spiro atoms. The second-order valence-corrected chi connectivity index (χ2v) is 5.35. The molecule has 0 amide bonds. The normalized spacial score (nSPS) is 10.4. The van der Waals surface area contributed by atoms with Gasteiger partial charge in [0.25, 0.3) is 0 Å². The van der Waals surface area contributed by atoms with Crippen molar-refractivity contribution in [1.29, 1.82) is 0 Å². The fourth-order valence-corrected chi connectivity index (χ4v) is 2.21. The Balaban J connectivity index is 2.16. The lowest BCUT2D eigenvalue weighted by molar-refractivity contribution is 0.464. The zero-order valence-corrected chi connectivity index (χ0v) is 12.5. The van der Waals surface area contributed by atoms with Gasteiger partial charge in [-0.1, -0.05) is 6.07 Å². The first-order valence-corrected chi connectivity index (χ1v) is 6.80. The molecule has 94 valence electrons. The summed E-state index contributed by atoms with van der Waals surface area (Å²) in [5.41, 5.74) is 3.87. The van der Waals surface area contributed by atoms with E-state index in [1.807, 2.05) is 19.1 Å². The number of hydrogen-bond acceptors (Lipinski definition) is 3. The van der Waals surface area contributed by atoms with Crippen molar-refractivity contribution in [3.8, 4) is 5.75 Å². The van der Waals surface area contributed by atoms with Crippen molar-refractivity contribution in [3.05, 3.63) is 50.9 Å². The van der Waals surface area contributed by atoms with Gasteiger partial charge >= 0.3 is 0 Å². The van der Waals surface area contributed by atoms with E-state index >= 15 is 0 Å². The molecule has 2 rings (SSSR count). The Morgan fingerprint density at radius 2 is 2.00 bits per heavy atom. The fourth-order valence-electron chi connectivity index (χ4n) is 1.71. The summed E-state index contributed by atoms with van der Waals surface area (Å²) in [4.78, 5) is 4.33. The number of halogens is 1. The van der Waals surface area contributed by atoms with Crippen LogP contribution < -0.4 is 5.32 Å². The first-order chi connectivity index (χ1) is 8.58. The van der Waals surface area contributed by atoms with Gasteiger partial charge < -0.3 is 10.4 Å². The van der Waals surface area contributed by atoms with E-state index in [1.54, 1.807) is 12.1 Å². The molecule has 0 fully saturated rings. The lowest BCUT2D eigenvalue weighted by Gasteiger charge is -2.11. The van der Waals surface area contributed by atoms with E-state index < -0.39 is 0 Å². The molecule has 0 aliphatic carbocycles. The number of rotatable bonds is 3. The maximum Gasteiger partial charge on any atom is 0.138 e. The van der Waals surface area contributed by atoms with E-state index in [1.165, 1.54) is 9.13 Å². The number of aryl methyl sites for hydroxylation is 1. The molecule has 0 radical (unpaired) electrons. The molecule has 0 bridgehead atoms. The zero-order valence-electron chi connectivity index (χ0n) is 10.4. The number of nitrogens with zero attached hydrogens (tertiary/aromatic N) is 1. The summed E-state index contributed by atoms with van der Waals surface area (Å²) in [6.07, 6.45) is 0. The molecule has 3 nitrogen and oxygen atoms in total. The average molecular weight is 354 g/mol. The summed E-state index contributed by atoms with van der Waals surface area (Å²) in [5, 5.41) is 13.0. The van der Waals surface area contributed by atoms with Gasteiger partial charge in [-0.15, -0.1) is 0 Å². The second kappa shape index (κ2) is 5.56. The molecule has 0 aliphatic rings. The van der Waals surface area contributed by atoms with E-state index in [0.29, 0.717) is 12.2 Å². The van der Waals surface area contributed by atoms with Gasteiger partial charge in [0.1, 0.15) is 11.4 Å². The van der Waals surface area contributed by atoms with Crippen LogP contribution in [-0.4, -0.2) is 10.1 Å². The molecule has 0 unspecified atom stereocenters. The first kappa shape index (κ1) is 13.1. The minimum atomic E-state index is 0.233. The van der Waals surface area contributed by atoms with Crippen molar-refractivity contribution in [2.75, 3.05) is 5.32 Å². The van der Waals surface area contributed by atoms with Gasteiger partial charge in [0.05, 0.1) is 6.54 Å². The standard InChI is InChI=1S/C14H15IN2O/c1-9-6-7-14(18)13(17-9)8-16-12-5-3-4-11(15)10(12)2/h3-7,16,18H,8H2,1-2H3. The highest BCUT2D eigenvalue weighted by molar-refractivity contribution is 14.1. The maximum absolute atomic E-state index is 9.73. The fraction of sp³-hybridized carbons (Fsp3) is 0.214. The Bertz CT molecular complexity index is 568. The predicted molar refractivity (Wildman–Crippen MR) is 81.9 cm³/mol. The molecule has 1 heterocycles. The van der Waals surface area contributed by atoms with Crippen molar-refractivity contribution >= 4 is 28.3 Å². The van der Waals surface area contributed by atoms with Crippen molar-refractivity contribution in [1.82, 2.24) is 4.98 Å². The van der Waals surface area contributed by atoms with E-state index in [4.69, 9.17) is 0 Å². The summed E-state index contributed by atoms with van der Waals surface area (Å²) in [7, 11) is 0. The van der Waals surface area contributed by atoms with Crippen LogP contribution >= 0.6 is 22.6 Å². The summed E-state index contributed by atoms with van der Waals surface area (Å²) < 4.78 is 1.22. The van der Waals surface area contributed by atoms with Crippen LogP contribution in [0.15, 0.2) is 30.3 Å². The number of nitrogens with one attached hydrogen (secondary N) is 1. The van der Waals surface area contributed by atoms with Crippen molar-refractivity contribution in [3.63, 3.8) is 0 Å². The van der Waals surface area contributed by atoms with Gasteiger partial charge in [0, 0.05) is 15.0 Å². The van der Waals surface area contributed by atoms with Crippen LogP contribution in [0.25, 0.3) is 0 Å². The molecule has 0 saturated carbocycles. The van der Waals surface area contributed by atoms with Crippen LogP contribution in [0.3, 0.4) is 0 Å². The lowest BCUT2D eigenvalue weighted by atomic mass is 10.2. The number of anilines is 1. The molecule has 1 aromatic carbocycles. The number of hydrogen-bond donors (Lipinski definition) is 2. The SMILES string of the molecule is Cc1ccc(O)c(CNc2cccc(I)c2C)n1. The van der Waals surface area contributed by atoms with Crippen LogP contribution in [0.4, 0.5) is 5.69 Å². The summed E-state index contributed by atoms with van der Waals surface area (Å²) >= 11 is 2.31. The van der Waals surface area contributed by atoms with Crippen molar-refractivity contribution in [2.45, 2.75) is 20.4 Å². The Morgan fingerprint density at radius 1 is 1.22 bits per heavy atom. The molecule has 18 heavy (non-hydrogen) atoms. The van der Waals surface area contributed by atoms with E-state index in [9.17, 15) is 5.11 Å². The smallest absolute Gasteiger partial charge is 0.138 e. The summed E-state index contributed by atoms with van der Waals surface area (Å²) in [6, 6.07) is 9.60. The Kier molecular flexibility index (Phi) is 4.06. The van der Waals surface area contributed by atoms with Crippen LogP contribution in [-0.2, 0) is 6.54 Å². The molecule has 0 aliphatic heterocycles. The Morgan fingerprint density at radius 3 is 2.78 bits per heavy atom. The molecule has 0 atom stereocenters. The Labute approximate surface area is 120 Å². The van der Waals surface area contributed by atoms with Crippen LogP contribution in [0, 0.1) is 17.4 Å². The second-order valence-electron chi connectivity index (χ2n) is 4.18. The average Bonchev–Trinajstić information content (AvgIpc) is 2.35. The first-order valence-electron chi connectivity index (χ1n) is 5.72. The predicted octanol–water partition coefficient (Wildman–Crippen LogP) is 3.62. The van der Waals surface area contributed by atoms with E-state index in [0.717, 1.165) is 11.4 Å². The number of aromatic hydroxyl groups is 1. The van der Waals surface area contributed by atoms with Gasteiger partial charge in [-0.2, -0.15) is 0 Å². The van der Waals surface area contributed by atoms with Gasteiger partial charge in [0.2, 0.25) is 0 Å². The van der Waals surface area contributed by atoms with E-state index in [-0.39, 0.29) is 5.75 Å². The van der Waals surface area contributed by atoms with Crippen molar-refractivity contribution < 1.29 is 5.11 Å². The molecule has 2 N–H and O–H groups in total. The van der Waals surface area contributed by atoms with Crippen LogP contribution in [0.2, 0.25) is 0 Å². The largest absolute Gasteiger partial charge is 0.506 e. The molecule has 1 aromatic heterocycles. The topological polar surface area (TPSA) is 45.1 Å². The monoisotopic (exact) mass is 354 g/mol. The number of benzene rings is 1. The third-order valence-electron chi connectivity index (χ3n) is 2.80. The van der Waals surface area contributed by atoms with Gasteiger partial charge in [0.15, 0.2) is 0 Å². The highest BCUT2D eigenvalue weighted by atomic mass is 127. The minimum Gasteiger partial charge on any atom is -0.506 e. The van der Waals surface area contributed by atoms with Gasteiger partial charge in [-0.05, 0) is 66.3 Å². The Hall–Kier alpha value is -1.30. The van der Waals surface area contributed by atoms with Gasteiger partial charge in [-0.25, -0.2) is 0 Å². The minimum absolute atomic E-state index is 0.233. The van der Waals surface area contributed by atoms with Crippen LogP contribution in [0.1, 0.15) is 17.0 Å². The quantitative estimate of drug-likeness (QED) is 0.828. The van der Waals surface area contributed by atoms with Crippen LogP contribution in [0.5, 0.6) is 5.75 Å². The third kappa shape index (κ3) is 2.93. The van der Waals surface area contributed by atoms with Gasteiger partial charge in [-0.3, -0.25) is 4.98 Å². The number of pyridine rings is 1. The zero-order chi connectivity index (χ0) is 13.1. The molecule has 0 saturated heterocycles. The summed E-state index contributed by atoms with van der Waals surface area (Å²) in [6.45, 7) is 4.52.